The highest BCUT2D eigenvalue weighted by Crippen LogP contribution is 2.22. The number of imide groups is 1. The van der Waals surface area contributed by atoms with Crippen molar-refractivity contribution in [3.05, 3.63) is 71.7 Å². The monoisotopic (exact) mass is 1070 g/mol. The van der Waals surface area contributed by atoms with Crippen LogP contribution < -0.4 is 65.9 Å². The number of primary amides is 1. The molecule has 2 fully saturated rings. The van der Waals surface area contributed by atoms with Crippen molar-refractivity contribution in [2.75, 3.05) is 19.6 Å². The molecular formula is C50H69FN16O10. The molecule has 27 heteroatoms. The van der Waals surface area contributed by atoms with Gasteiger partial charge in [0.05, 0.1) is 0 Å². The smallest absolute Gasteiger partial charge is 0.245 e. The van der Waals surface area contributed by atoms with Crippen LogP contribution in [-0.2, 0) is 60.8 Å². The Morgan fingerprint density at radius 2 is 1.32 bits per heavy atom. The number of guanidine groups is 2. The van der Waals surface area contributed by atoms with Crippen LogP contribution in [-0.4, -0.2) is 143 Å². The quantitative estimate of drug-likeness (QED) is 0.0299. The van der Waals surface area contributed by atoms with Crippen LogP contribution in [0.2, 0.25) is 0 Å². The molecule has 3 heterocycles. The van der Waals surface area contributed by atoms with Crippen molar-refractivity contribution in [1.82, 2.24) is 47.1 Å². The number of aromatic amines is 1. The second kappa shape index (κ2) is 28.9. The summed E-state index contributed by atoms with van der Waals surface area (Å²) in [6.07, 6.45) is 0.0735. The van der Waals surface area contributed by atoms with Gasteiger partial charge in [-0.05, 0) is 81.0 Å². The minimum absolute atomic E-state index is 0.000231. The molecule has 5 rings (SSSR count). The number of benzene rings is 2. The number of aromatic nitrogens is 1. The summed E-state index contributed by atoms with van der Waals surface area (Å²) >= 11 is 0. The number of nitrogens with two attached hydrogens (primary N) is 5. The Bertz CT molecular complexity index is 2710. The van der Waals surface area contributed by atoms with Crippen molar-refractivity contribution in [3.63, 3.8) is 0 Å². The highest BCUT2D eigenvalue weighted by Gasteiger charge is 2.40. The lowest BCUT2D eigenvalue weighted by molar-refractivity contribution is -0.143. The molecule has 2 saturated heterocycles. The van der Waals surface area contributed by atoms with Crippen LogP contribution >= 0.6 is 0 Å². The van der Waals surface area contributed by atoms with Crippen LogP contribution in [0.1, 0.15) is 88.7 Å². The number of hydrogen-bond donors (Lipinski definition) is 13. The number of amides is 10. The summed E-state index contributed by atoms with van der Waals surface area (Å²) in [6.45, 7) is 1.26. The van der Waals surface area contributed by atoms with E-state index in [1.165, 1.54) is 30.0 Å². The fourth-order valence-corrected chi connectivity index (χ4v) is 9.04. The molecule has 77 heavy (non-hydrogen) atoms. The number of H-pyrrole nitrogens is 1. The van der Waals surface area contributed by atoms with Crippen molar-refractivity contribution in [2.45, 2.75) is 133 Å². The lowest BCUT2D eigenvalue weighted by atomic mass is 10.0. The fourth-order valence-electron chi connectivity index (χ4n) is 9.04. The van der Waals surface area contributed by atoms with Crippen LogP contribution in [0.3, 0.4) is 0 Å². The van der Waals surface area contributed by atoms with E-state index in [2.05, 4.69) is 52.2 Å². The van der Waals surface area contributed by atoms with Crippen molar-refractivity contribution < 1.29 is 52.3 Å². The molecule has 0 radical (unpaired) electrons. The maximum atomic E-state index is 15.4. The minimum atomic E-state index is -1.61. The Kier molecular flexibility index (Phi) is 22.2. The molecule has 0 spiro atoms. The summed E-state index contributed by atoms with van der Waals surface area (Å²) in [5, 5.41) is 18.7. The Labute approximate surface area is 442 Å². The number of hydrogen-bond acceptors (Lipinski definition) is 12. The normalized spacial score (nSPS) is 21.9. The number of carbonyl (C=O) groups is 10. The molecule has 3 aromatic rings. The summed E-state index contributed by atoms with van der Waals surface area (Å²) in [5.41, 5.74) is 29.0. The number of halogens is 1. The number of fused-ring (bicyclic) bond motifs is 2. The van der Waals surface area contributed by atoms with Gasteiger partial charge in [-0.1, -0.05) is 36.4 Å². The Morgan fingerprint density at radius 1 is 0.714 bits per heavy atom. The molecule has 1 aromatic heterocycles. The molecule has 0 saturated carbocycles. The third-order valence-electron chi connectivity index (χ3n) is 12.9. The molecule has 0 aliphatic carbocycles. The van der Waals surface area contributed by atoms with Crippen LogP contribution in [0.5, 0.6) is 0 Å². The van der Waals surface area contributed by atoms with E-state index < -0.39 is 126 Å². The van der Waals surface area contributed by atoms with Crippen molar-refractivity contribution >= 4 is 81.9 Å². The molecule has 26 nitrogen and oxygen atoms in total. The standard InChI is InChI=1S/C50H69FN16O10/c1-27(68)60-34(15-7-21-57-49(53)54)43(72)63-36-19-20-41(70)66-40(69)18-6-14-33(42(52)71)61-45(74)38(25-29-26-59-32-13-5-3-11-30(29)32)64-44(73)35(16-8-22-58-50(55)56)62-46(75)37(24-28-10-2-4-12-31(28)51)65-47(76)39-17-9-23-67(39)48(36)77/h2-5,10-13,26,33-39,59H,6-9,14-25H2,1H3,(H2,52,71)(H,60,68)(H,61,74)(H,62,75)(H,63,72)(H,64,73)(H,65,76)(H4,53,54,57)(H4,55,56,58)(H,66,69,70)/t33-,34-,35-,36-,37+,38-,39-/m0/s1. The first-order valence-electron chi connectivity index (χ1n) is 25.3. The molecule has 2 aliphatic rings. The van der Waals surface area contributed by atoms with Crippen molar-refractivity contribution in [3.8, 4) is 0 Å². The fraction of sp³-hybridized carbons (Fsp3) is 0.480. The Morgan fingerprint density at radius 3 is 2.01 bits per heavy atom. The van der Waals surface area contributed by atoms with Crippen molar-refractivity contribution in [1.29, 1.82) is 0 Å². The van der Waals surface area contributed by atoms with E-state index in [1.54, 1.807) is 30.5 Å². The molecule has 416 valence electrons. The van der Waals surface area contributed by atoms with E-state index in [0.29, 0.717) is 10.9 Å². The SMILES string of the molecule is CC(=O)N[C@@H](CCCN=C(N)N)C(=O)N[C@H]1CCC(=O)NC(=O)CCC[C@@H](C(N)=O)NC(=O)[C@H](Cc2c[nH]c3ccccc23)NC(=O)[C@H](CCCN=C(N)N)NC(=O)[C@@H](Cc2ccccc2F)NC(=O)[C@@H]2CCCN2C1=O. The first-order valence-corrected chi connectivity index (χ1v) is 25.3. The zero-order valence-electron chi connectivity index (χ0n) is 42.7. The average Bonchev–Trinajstić information content (AvgIpc) is 4.04. The first-order chi connectivity index (χ1) is 36.7. The molecular weight excluding hydrogens is 1000 g/mol. The number of para-hydroxylation sites is 1. The molecule has 0 unspecified atom stereocenters. The predicted octanol–water partition coefficient (Wildman–Crippen LogP) is -2.79. The molecule has 0 bridgehead atoms. The molecule has 10 amide bonds. The Hall–Kier alpha value is -8.65. The summed E-state index contributed by atoms with van der Waals surface area (Å²) in [6, 6.07) is 2.77. The number of aliphatic imine (C=N–C) groups is 2. The van der Waals surface area contributed by atoms with E-state index >= 15 is 4.39 Å². The van der Waals surface area contributed by atoms with Gasteiger partial charge in [0.1, 0.15) is 48.1 Å². The maximum Gasteiger partial charge on any atom is 0.245 e. The Balaban J connectivity index is 1.53. The number of rotatable bonds is 16. The van der Waals surface area contributed by atoms with Crippen molar-refractivity contribution in [2.24, 2.45) is 38.7 Å². The lowest BCUT2D eigenvalue weighted by Crippen LogP contribution is -2.60. The van der Waals surface area contributed by atoms with Gasteiger partial charge in [0, 0.05) is 69.3 Å². The third-order valence-corrected chi connectivity index (χ3v) is 12.9. The van der Waals surface area contributed by atoms with Gasteiger partial charge < -0.3 is 70.5 Å². The van der Waals surface area contributed by atoms with Gasteiger partial charge in [-0.25, -0.2) is 4.39 Å². The van der Waals surface area contributed by atoms with E-state index in [0.717, 1.165) is 11.6 Å². The second-order valence-corrected chi connectivity index (χ2v) is 18.8. The van der Waals surface area contributed by atoms with Gasteiger partial charge in [-0.15, -0.1) is 0 Å². The van der Waals surface area contributed by atoms with Gasteiger partial charge in [0.2, 0.25) is 59.1 Å². The van der Waals surface area contributed by atoms with E-state index in [-0.39, 0.29) is 101 Å². The predicted molar refractivity (Wildman–Crippen MR) is 279 cm³/mol. The molecule has 2 aromatic carbocycles. The number of carbonyl (C=O) groups excluding carboxylic acids is 10. The van der Waals surface area contributed by atoms with Gasteiger partial charge in [-0.2, -0.15) is 0 Å². The minimum Gasteiger partial charge on any atom is -0.370 e. The largest absolute Gasteiger partial charge is 0.370 e. The zero-order valence-corrected chi connectivity index (χ0v) is 42.7. The van der Waals surface area contributed by atoms with Gasteiger partial charge in [0.15, 0.2) is 11.9 Å². The average molecular weight is 1070 g/mol. The summed E-state index contributed by atoms with van der Waals surface area (Å²) in [4.78, 5) is 150. The van der Waals surface area contributed by atoms with Gasteiger partial charge in [0.25, 0.3) is 0 Å². The molecule has 18 N–H and O–H groups in total. The summed E-state index contributed by atoms with van der Waals surface area (Å²) in [5.74, 6) is -9.57. The van der Waals surface area contributed by atoms with E-state index in [1.807, 2.05) is 0 Å². The topological polar surface area (TPSA) is 429 Å². The third kappa shape index (κ3) is 18.3. The van der Waals surface area contributed by atoms with Crippen LogP contribution in [0.15, 0.2) is 64.7 Å². The van der Waals surface area contributed by atoms with Gasteiger partial charge >= 0.3 is 0 Å². The molecule has 7 atom stereocenters. The number of nitrogens with one attached hydrogen (secondary N) is 8. The zero-order chi connectivity index (χ0) is 56.2. The first kappa shape index (κ1) is 59.2. The van der Waals surface area contributed by atoms with E-state index in [9.17, 15) is 47.9 Å². The van der Waals surface area contributed by atoms with Gasteiger partial charge in [-0.3, -0.25) is 63.2 Å². The second-order valence-electron chi connectivity index (χ2n) is 18.8. The van der Waals surface area contributed by atoms with Crippen LogP contribution in [0, 0.1) is 5.82 Å². The van der Waals surface area contributed by atoms with Crippen LogP contribution in [0.4, 0.5) is 4.39 Å². The molecule has 2 aliphatic heterocycles. The lowest BCUT2D eigenvalue weighted by Gasteiger charge is -2.31. The van der Waals surface area contributed by atoms with E-state index in [4.69, 9.17) is 28.7 Å². The number of nitrogens with zero attached hydrogens (tertiary/aromatic N) is 3. The maximum absolute atomic E-state index is 15.4. The highest BCUT2D eigenvalue weighted by atomic mass is 19.1. The highest BCUT2D eigenvalue weighted by molar-refractivity contribution is 5.99. The summed E-state index contributed by atoms with van der Waals surface area (Å²) < 4.78 is 15.4. The van der Waals surface area contributed by atoms with Crippen LogP contribution in [0.25, 0.3) is 10.9 Å². The summed E-state index contributed by atoms with van der Waals surface area (Å²) in [7, 11) is 0.